The molecule has 0 unspecified atom stereocenters. The highest BCUT2D eigenvalue weighted by Gasteiger charge is 2.33. The van der Waals surface area contributed by atoms with E-state index in [0.717, 1.165) is 12.0 Å². The maximum absolute atomic E-state index is 13.3. The van der Waals surface area contributed by atoms with Crippen molar-refractivity contribution in [2.24, 2.45) is 5.73 Å². The lowest BCUT2D eigenvalue weighted by Gasteiger charge is -2.36. The summed E-state index contributed by atoms with van der Waals surface area (Å²) in [6.07, 6.45) is 0.864. The lowest BCUT2D eigenvalue weighted by atomic mass is 9.92. The minimum atomic E-state index is -0.626. The summed E-state index contributed by atoms with van der Waals surface area (Å²) in [7, 11) is 0. The Balaban J connectivity index is 1.67. The molecule has 3 N–H and O–H groups in total. The molecule has 27 heavy (non-hydrogen) atoms. The van der Waals surface area contributed by atoms with Crippen molar-refractivity contribution in [2.45, 2.75) is 12.5 Å². The fourth-order valence-corrected chi connectivity index (χ4v) is 4.44. The molecule has 3 aromatic rings. The van der Waals surface area contributed by atoms with Gasteiger partial charge in [-0.3, -0.25) is 4.79 Å². The molecule has 2 heterocycles. The Morgan fingerprint density at radius 2 is 1.78 bits per heavy atom. The molecule has 0 fully saturated rings. The molecule has 1 aliphatic rings. The third-order valence-electron chi connectivity index (χ3n) is 4.74. The number of urea groups is 1. The Hall–Kier alpha value is -3.12. The highest BCUT2D eigenvalue weighted by molar-refractivity contribution is 7.10. The number of nitrogens with zero attached hydrogens (tertiary/aromatic N) is 1. The van der Waals surface area contributed by atoms with Gasteiger partial charge in [-0.05, 0) is 53.3 Å². The predicted octanol–water partition coefficient (Wildman–Crippen LogP) is 4.03. The molecule has 1 aliphatic heterocycles. The van der Waals surface area contributed by atoms with Crippen molar-refractivity contribution in [1.29, 1.82) is 0 Å². The number of amides is 3. The van der Waals surface area contributed by atoms with Crippen molar-refractivity contribution in [2.75, 3.05) is 11.9 Å². The second kappa shape index (κ2) is 7.25. The number of thiophene rings is 1. The topological polar surface area (TPSA) is 75.4 Å². The first-order chi connectivity index (χ1) is 13.1. The van der Waals surface area contributed by atoms with Crippen molar-refractivity contribution in [3.63, 3.8) is 0 Å². The Bertz CT molecular complexity index is 967. The van der Waals surface area contributed by atoms with Gasteiger partial charge in [0.15, 0.2) is 0 Å². The molecule has 1 atom stereocenters. The number of benzene rings is 2. The summed E-state index contributed by atoms with van der Waals surface area (Å²) < 4.78 is 0. The summed E-state index contributed by atoms with van der Waals surface area (Å²) in [5.41, 5.74) is 8.60. The largest absolute Gasteiger partial charge is 0.351 e. The van der Waals surface area contributed by atoms with Gasteiger partial charge in [0.2, 0.25) is 0 Å². The minimum absolute atomic E-state index is 0.0219. The summed E-state index contributed by atoms with van der Waals surface area (Å²) in [6.45, 7) is 0.674. The van der Waals surface area contributed by atoms with Gasteiger partial charge in [-0.15, -0.1) is 11.3 Å². The Labute approximate surface area is 161 Å². The molecule has 2 aromatic carbocycles. The number of nitrogens with one attached hydrogen (secondary N) is 1. The van der Waals surface area contributed by atoms with Crippen LogP contribution in [0.15, 0.2) is 66.0 Å². The number of carbonyl (C=O) groups excluding carboxylic acids is 2. The Morgan fingerprint density at radius 1 is 1.04 bits per heavy atom. The molecule has 0 saturated heterocycles. The zero-order valence-electron chi connectivity index (χ0n) is 14.6. The fourth-order valence-electron chi connectivity index (χ4n) is 3.53. The van der Waals surface area contributed by atoms with Gasteiger partial charge < -0.3 is 16.0 Å². The summed E-state index contributed by atoms with van der Waals surface area (Å²) >= 11 is 1.75. The predicted molar refractivity (Wildman–Crippen MR) is 107 cm³/mol. The molecule has 0 radical (unpaired) electrons. The summed E-state index contributed by atoms with van der Waals surface area (Å²) in [5.74, 6) is -0.0219. The molecule has 3 amide bonds. The smallest absolute Gasteiger partial charge is 0.316 e. The SMILES string of the molecule is NC(=O)Nc1ccc(C(=O)N2CCc3sccc3[C@H]2c2ccccc2)cc1. The molecule has 136 valence electrons. The van der Waals surface area contributed by atoms with Gasteiger partial charge in [-0.1, -0.05) is 30.3 Å². The molecule has 4 rings (SSSR count). The van der Waals surface area contributed by atoms with Crippen LogP contribution >= 0.6 is 11.3 Å². The van der Waals surface area contributed by atoms with Crippen LogP contribution in [0, 0.1) is 0 Å². The third-order valence-corrected chi connectivity index (χ3v) is 5.74. The van der Waals surface area contributed by atoms with Crippen LogP contribution in [0.4, 0.5) is 10.5 Å². The Morgan fingerprint density at radius 3 is 2.48 bits per heavy atom. The first kappa shape index (κ1) is 17.3. The van der Waals surface area contributed by atoms with E-state index in [1.807, 2.05) is 23.1 Å². The highest BCUT2D eigenvalue weighted by atomic mass is 32.1. The minimum Gasteiger partial charge on any atom is -0.351 e. The number of rotatable bonds is 3. The number of nitrogens with two attached hydrogens (primary N) is 1. The number of primary amides is 1. The molecule has 0 bridgehead atoms. The fraction of sp³-hybridized carbons (Fsp3) is 0.143. The first-order valence-electron chi connectivity index (χ1n) is 8.72. The molecule has 0 aliphatic carbocycles. The van der Waals surface area contributed by atoms with E-state index < -0.39 is 6.03 Å². The van der Waals surface area contributed by atoms with Gasteiger partial charge in [-0.25, -0.2) is 4.79 Å². The van der Waals surface area contributed by atoms with Gasteiger partial charge in [0, 0.05) is 22.7 Å². The van der Waals surface area contributed by atoms with Crippen LogP contribution in [-0.4, -0.2) is 23.4 Å². The van der Waals surface area contributed by atoms with E-state index in [1.54, 1.807) is 35.6 Å². The number of hydrogen-bond donors (Lipinski definition) is 2. The Kier molecular flexibility index (Phi) is 4.64. The normalized spacial score (nSPS) is 15.9. The molecular weight excluding hydrogens is 358 g/mol. The maximum Gasteiger partial charge on any atom is 0.316 e. The zero-order valence-corrected chi connectivity index (χ0v) is 15.4. The zero-order chi connectivity index (χ0) is 18.8. The summed E-state index contributed by atoms with van der Waals surface area (Å²) in [6, 6.07) is 18.4. The van der Waals surface area contributed by atoms with E-state index in [9.17, 15) is 9.59 Å². The lowest BCUT2D eigenvalue weighted by Crippen LogP contribution is -2.40. The molecule has 0 spiro atoms. The molecule has 6 heteroatoms. The molecule has 5 nitrogen and oxygen atoms in total. The second-order valence-electron chi connectivity index (χ2n) is 6.43. The highest BCUT2D eigenvalue weighted by Crippen LogP contribution is 2.38. The van der Waals surface area contributed by atoms with Crippen LogP contribution in [0.2, 0.25) is 0 Å². The van der Waals surface area contributed by atoms with Crippen molar-refractivity contribution >= 4 is 29.0 Å². The van der Waals surface area contributed by atoms with E-state index in [1.165, 1.54) is 10.4 Å². The standard InChI is InChI=1S/C21H19N3O2S/c22-21(26)23-16-8-6-15(7-9-16)20(25)24-12-10-18-17(11-13-27-18)19(24)14-4-2-1-3-5-14/h1-9,11,13,19H,10,12H2,(H3,22,23,26)/t19-/m1/s1. The first-order valence-corrected chi connectivity index (χ1v) is 9.60. The molecule has 0 saturated carbocycles. The number of anilines is 1. The van der Waals surface area contributed by atoms with E-state index in [-0.39, 0.29) is 11.9 Å². The van der Waals surface area contributed by atoms with Crippen LogP contribution < -0.4 is 11.1 Å². The monoisotopic (exact) mass is 377 g/mol. The van der Waals surface area contributed by atoms with Crippen LogP contribution in [0.25, 0.3) is 0 Å². The van der Waals surface area contributed by atoms with Crippen molar-refractivity contribution < 1.29 is 9.59 Å². The molecular formula is C21H19N3O2S. The van der Waals surface area contributed by atoms with Gasteiger partial charge in [0.05, 0.1) is 6.04 Å². The summed E-state index contributed by atoms with van der Waals surface area (Å²) in [5, 5.41) is 4.61. The second-order valence-corrected chi connectivity index (χ2v) is 7.43. The lowest BCUT2D eigenvalue weighted by molar-refractivity contribution is 0.0696. The van der Waals surface area contributed by atoms with Gasteiger partial charge in [-0.2, -0.15) is 0 Å². The van der Waals surface area contributed by atoms with Crippen molar-refractivity contribution in [3.05, 3.63) is 87.6 Å². The maximum atomic E-state index is 13.3. The summed E-state index contributed by atoms with van der Waals surface area (Å²) in [4.78, 5) is 27.5. The van der Waals surface area contributed by atoms with Gasteiger partial charge >= 0.3 is 6.03 Å². The van der Waals surface area contributed by atoms with E-state index in [4.69, 9.17) is 5.73 Å². The quantitative estimate of drug-likeness (QED) is 0.723. The van der Waals surface area contributed by atoms with Crippen LogP contribution in [0.5, 0.6) is 0 Å². The molecule has 1 aromatic heterocycles. The number of hydrogen-bond acceptors (Lipinski definition) is 3. The van der Waals surface area contributed by atoms with Crippen LogP contribution in [0.3, 0.4) is 0 Å². The van der Waals surface area contributed by atoms with E-state index in [0.29, 0.717) is 17.8 Å². The third kappa shape index (κ3) is 3.44. The average Bonchev–Trinajstić information content (AvgIpc) is 3.16. The van der Waals surface area contributed by atoms with Crippen LogP contribution in [-0.2, 0) is 6.42 Å². The van der Waals surface area contributed by atoms with E-state index in [2.05, 4.69) is 28.9 Å². The van der Waals surface area contributed by atoms with E-state index >= 15 is 0 Å². The number of carbonyl (C=O) groups is 2. The van der Waals surface area contributed by atoms with Crippen molar-refractivity contribution in [1.82, 2.24) is 4.90 Å². The van der Waals surface area contributed by atoms with Gasteiger partial charge in [0.25, 0.3) is 5.91 Å². The van der Waals surface area contributed by atoms with Crippen molar-refractivity contribution in [3.8, 4) is 0 Å². The average molecular weight is 377 g/mol. The number of fused-ring (bicyclic) bond motifs is 1. The van der Waals surface area contributed by atoms with Crippen LogP contribution in [0.1, 0.15) is 32.4 Å². The van der Waals surface area contributed by atoms with Gasteiger partial charge in [0.1, 0.15) is 0 Å².